The number of ether oxygens (including phenoxy) is 1. The molecule has 0 aliphatic carbocycles. The molecule has 0 aromatic carbocycles. The molecule has 0 bridgehead atoms. The van der Waals surface area contributed by atoms with Crippen LogP contribution in [-0.2, 0) is 10.9 Å². The van der Waals surface area contributed by atoms with Gasteiger partial charge in [0.25, 0.3) is 0 Å². The van der Waals surface area contributed by atoms with E-state index in [-0.39, 0.29) is 24.6 Å². The van der Waals surface area contributed by atoms with Gasteiger partial charge in [-0.2, -0.15) is 0 Å². The molecule has 26 heavy (non-hydrogen) atoms. The van der Waals surface area contributed by atoms with E-state index in [1.807, 2.05) is 0 Å². The monoisotopic (exact) mass is 475 g/mol. The van der Waals surface area contributed by atoms with Crippen LogP contribution in [0.1, 0.15) is 45.8 Å². The van der Waals surface area contributed by atoms with E-state index in [1.54, 1.807) is 12.3 Å². The molecule has 0 saturated carbocycles. The van der Waals surface area contributed by atoms with Gasteiger partial charge in [0.2, 0.25) is 0 Å². The third-order valence-electron chi connectivity index (χ3n) is 5.12. The molecule has 0 amide bonds. The van der Waals surface area contributed by atoms with Crippen LogP contribution in [0.2, 0.25) is 8.87 Å². The zero-order valence-corrected chi connectivity index (χ0v) is 18.3. The van der Waals surface area contributed by atoms with Crippen LogP contribution in [0.3, 0.4) is 0 Å². The van der Waals surface area contributed by atoms with E-state index in [0.29, 0.717) is 0 Å². The third kappa shape index (κ3) is 3.94. The molecule has 3 N–H and O–H groups in total. The number of rotatable bonds is 8. The van der Waals surface area contributed by atoms with Crippen molar-refractivity contribution in [2.24, 2.45) is 0 Å². The number of aromatic nitrogens is 2. The topological polar surface area (TPSA) is 109 Å². The molecule has 2 saturated heterocycles. The fraction of sp³-hybridized carbons (Fsp3) is 0.765. The van der Waals surface area contributed by atoms with Crippen molar-refractivity contribution in [1.82, 2.24) is 9.55 Å². The summed E-state index contributed by atoms with van der Waals surface area (Å²) in [5, 5.41) is 9.75. The number of aliphatic hydroxyl groups excluding tert-OH is 1. The van der Waals surface area contributed by atoms with Crippen molar-refractivity contribution in [3.8, 4) is 0 Å². The van der Waals surface area contributed by atoms with Crippen molar-refractivity contribution >= 4 is 25.0 Å². The molecule has 2 fully saturated rings. The van der Waals surface area contributed by atoms with Crippen molar-refractivity contribution < 1.29 is 16.0 Å². The number of nitrogens with zero attached hydrogens (tertiary/aromatic N) is 2. The quantitative estimate of drug-likeness (QED) is 0.551. The summed E-state index contributed by atoms with van der Waals surface area (Å²) in [5.41, 5.74) is 5.11. The standard InChI is InChI=1S/C9H11N3O5.2C4H9.Sn/c10-5-1-2-12(9(16)11-5)8-7(15)6(14)4(3-13)17-8;2*1-3-4-2;/h1-2,4,6-8,13H,3H2,(H2,10,11,16);2*1,3-4H2,2H3;/q-2;;;+2/t4-,6-,7-,8-;;;/m1.../s1. The number of hydrogen-bond acceptors (Lipinski definition) is 7. The van der Waals surface area contributed by atoms with E-state index in [9.17, 15) is 9.90 Å². The first kappa shape index (κ1) is 20.1. The van der Waals surface area contributed by atoms with Crippen LogP contribution in [0.15, 0.2) is 17.1 Å². The van der Waals surface area contributed by atoms with Gasteiger partial charge in [-0.3, -0.25) is 0 Å². The first-order valence-corrected chi connectivity index (χ1v) is 15.9. The van der Waals surface area contributed by atoms with E-state index in [0.717, 1.165) is 34.6 Å². The average molecular weight is 474 g/mol. The molecule has 4 atom stereocenters. The predicted octanol–water partition coefficient (Wildman–Crippen LogP) is 1.54. The second-order valence-electron chi connectivity index (χ2n) is 7.07. The summed E-state index contributed by atoms with van der Waals surface area (Å²) in [6.45, 7) is 4.16. The summed E-state index contributed by atoms with van der Waals surface area (Å²) < 4.78 is 22.4. The summed E-state index contributed by atoms with van der Waals surface area (Å²) in [4.78, 5) is 16.0. The Morgan fingerprint density at radius 3 is 2.46 bits per heavy atom. The van der Waals surface area contributed by atoms with Gasteiger partial charge in [0.15, 0.2) is 0 Å². The molecular formula is C17H29N3O5Sn. The van der Waals surface area contributed by atoms with Gasteiger partial charge in [0.1, 0.15) is 0 Å². The zero-order chi connectivity index (χ0) is 18.7. The summed E-state index contributed by atoms with van der Waals surface area (Å²) in [5.74, 6) is 0.169. The van der Waals surface area contributed by atoms with Crippen molar-refractivity contribution in [3.05, 3.63) is 22.7 Å². The van der Waals surface area contributed by atoms with E-state index < -0.39 is 37.2 Å². The van der Waals surface area contributed by atoms with Crippen LogP contribution in [0.5, 0.6) is 0 Å². The Bertz CT molecular complexity index is 662. The second kappa shape index (κ2) is 8.55. The average Bonchev–Trinajstić information content (AvgIpc) is 3.14. The van der Waals surface area contributed by atoms with E-state index >= 15 is 0 Å². The van der Waals surface area contributed by atoms with Crippen LogP contribution in [0.4, 0.5) is 5.82 Å². The van der Waals surface area contributed by atoms with Gasteiger partial charge in [-0.15, -0.1) is 0 Å². The Kier molecular flexibility index (Phi) is 6.60. The van der Waals surface area contributed by atoms with Gasteiger partial charge in [0, 0.05) is 0 Å². The molecule has 0 radical (unpaired) electrons. The third-order valence-corrected chi connectivity index (χ3v) is 15.5. The minimum atomic E-state index is -3.26. The van der Waals surface area contributed by atoms with Crippen molar-refractivity contribution in [3.63, 3.8) is 0 Å². The molecule has 0 unspecified atom stereocenters. The number of hydrogen-bond donors (Lipinski definition) is 2. The fourth-order valence-electron chi connectivity index (χ4n) is 3.74. The molecule has 0 spiro atoms. The Labute approximate surface area is 158 Å². The number of anilines is 1. The van der Waals surface area contributed by atoms with Gasteiger partial charge in [-0.25, -0.2) is 0 Å². The molecule has 146 valence electrons. The molecule has 2 aliphatic heterocycles. The van der Waals surface area contributed by atoms with Crippen LogP contribution in [0.25, 0.3) is 0 Å². The van der Waals surface area contributed by atoms with E-state index in [1.165, 1.54) is 4.57 Å². The van der Waals surface area contributed by atoms with Crippen LogP contribution in [0, 0.1) is 0 Å². The maximum atomic E-state index is 12.3. The Morgan fingerprint density at radius 2 is 1.88 bits per heavy atom. The molecule has 1 aromatic rings. The first-order chi connectivity index (χ1) is 12.5. The molecule has 8 nitrogen and oxygen atoms in total. The van der Waals surface area contributed by atoms with Crippen molar-refractivity contribution in [2.75, 3.05) is 12.3 Å². The van der Waals surface area contributed by atoms with E-state index in [4.69, 9.17) is 16.6 Å². The Morgan fingerprint density at radius 1 is 1.23 bits per heavy atom. The second-order valence-corrected chi connectivity index (χ2v) is 16.5. The molecule has 1 aromatic heterocycles. The number of nitrogen functional groups attached to an aromatic ring is 1. The zero-order valence-electron chi connectivity index (χ0n) is 15.5. The number of nitrogens with two attached hydrogens (primary N) is 1. The van der Waals surface area contributed by atoms with Crippen LogP contribution in [-0.4, -0.2) is 58.8 Å². The van der Waals surface area contributed by atoms with Gasteiger partial charge >= 0.3 is 159 Å². The summed E-state index contributed by atoms with van der Waals surface area (Å²) in [6.07, 6.45) is 4.10. The Hall–Kier alpha value is -0.681. The maximum absolute atomic E-state index is 12.3. The summed E-state index contributed by atoms with van der Waals surface area (Å²) >= 11 is -3.26. The SMILES string of the molecule is CCC[CH2][Sn]1([CH2]CCC)[O][C@@H]2[C@H]([O]1)[C@@H](CO)O[C@H]2n1ccc(N)nc1=O. The van der Waals surface area contributed by atoms with Crippen LogP contribution < -0.4 is 11.4 Å². The van der Waals surface area contributed by atoms with Crippen molar-refractivity contribution in [2.45, 2.75) is 72.9 Å². The van der Waals surface area contributed by atoms with Gasteiger partial charge in [0.05, 0.1) is 0 Å². The van der Waals surface area contributed by atoms with E-state index in [2.05, 4.69) is 18.8 Å². The predicted molar refractivity (Wildman–Crippen MR) is 98.8 cm³/mol. The summed E-state index contributed by atoms with van der Waals surface area (Å²) in [6, 6.07) is 1.56. The molecule has 3 rings (SSSR count). The molecular weight excluding hydrogens is 445 g/mol. The number of fused-ring (bicyclic) bond motifs is 1. The normalized spacial score (nSPS) is 29.8. The summed E-state index contributed by atoms with van der Waals surface area (Å²) in [7, 11) is 0. The molecule has 2 aliphatic rings. The first-order valence-electron chi connectivity index (χ1n) is 9.50. The Balaban J connectivity index is 1.88. The number of aliphatic hydroxyl groups is 1. The fourth-order valence-corrected chi connectivity index (χ4v) is 15.4. The van der Waals surface area contributed by atoms with Crippen LogP contribution >= 0.6 is 0 Å². The van der Waals surface area contributed by atoms with Crippen molar-refractivity contribution in [1.29, 1.82) is 0 Å². The minimum absolute atomic E-state index is 0.165. The number of unbranched alkanes of at least 4 members (excludes halogenated alkanes) is 2. The van der Waals surface area contributed by atoms with Gasteiger partial charge in [-0.05, 0) is 0 Å². The molecule has 3 heterocycles. The van der Waals surface area contributed by atoms with Gasteiger partial charge < -0.3 is 0 Å². The molecule has 9 heteroatoms. The van der Waals surface area contributed by atoms with Gasteiger partial charge in [-0.1, -0.05) is 0 Å².